The van der Waals surface area contributed by atoms with Gasteiger partial charge in [-0.1, -0.05) is 103 Å². The number of unbranched alkanes of at least 4 members (excludes halogenated alkanes) is 15. The first-order valence-corrected chi connectivity index (χ1v) is 13.3. The number of hydrogen-bond acceptors (Lipinski definition) is 4. The van der Waals surface area contributed by atoms with E-state index in [1.165, 1.54) is 70.6 Å². The maximum Gasteiger partial charge on any atom is 0.327 e. The molecule has 3 N–H and O–H groups in total. The Kier molecular flexibility index (Phi) is 20.1. The SMILES string of the molecule is CCCCCCCCCCCCCCCCCCN(C(=O)CCC(=O)O)C(CC(=O)O)C(=O)O. The fraction of sp³-hybridized carbons (Fsp3) is 0.846. The number of amides is 1. The van der Waals surface area contributed by atoms with E-state index < -0.39 is 42.7 Å². The summed E-state index contributed by atoms with van der Waals surface area (Å²) in [5, 5.41) is 27.2. The lowest BCUT2D eigenvalue weighted by Crippen LogP contribution is -2.46. The smallest absolute Gasteiger partial charge is 0.327 e. The summed E-state index contributed by atoms with van der Waals surface area (Å²) in [6, 6.07) is -1.48. The van der Waals surface area contributed by atoms with E-state index >= 15 is 0 Å². The maximum absolute atomic E-state index is 12.4. The second kappa shape index (κ2) is 21.4. The van der Waals surface area contributed by atoms with Gasteiger partial charge in [0.15, 0.2) is 0 Å². The maximum atomic E-state index is 12.4. The minimum Gasteiger partial charge on any atom is -0.481 e. The van der Waals surface area contributed by atoms with Crippen LogP contribution in [0.4, 0.5) is 0 Å². The molecule has 8 heteroatoms. The van der Waals surface area contributed by atoms with Crippen molar-refractivity contribution in [3.8, 4) is 0 Å². The molecule has 0 aromatic heterocycles. The highest BCUT2D eigenvalue weighted by atomic mass is 16.4. The molecule has 0 fully saturated rings. The summed E-state index contributed by atoms with van der Waals surface area (Å²) in [6.07, 6.45) is 17.7. The standard InChI is InChI=1S/C26H47NO7/c1-2-3-4-5-6-7-8-9-10-11-12-13-14-15-16-17-20-27(23(28)18-19-24(29)30)22(26(33)34)21-25(31)32/h22H,2-21H2,1H3,(H,29,30)(H,31,32)(H,33,34). The van der Waals surface area contributed by atoms with Gasteiger partial charge in [-0.05, 0) is 6.42 Å². The zero-order valence-corrected chi connectivity index (χ0v) is 21.1. The third kappa shape index (κ3) is 18.3. The van der Waals surface area contributed by atoms with Crippen LogP contribution in [0, 0.1) is 0 Å². The zero-order valence-electron chi connectivity index (χ0n) is 21.1. The molecule has 1 unspecified atom stereocenters. The van der Waals surface area contributed by atoms with Crippen LogP contribution in [0.2, 0.25) is 0 Å². The number of nitrogens with zero attached hydrogens (tertiary/aromatic N) is 1. The van der Waals surface area contributed by atoms with Crippen LogP contribution < -0.4 is 0 Å². The van der Waals surface area contributed by atoms with Gasteiger partial charge in [0.1, 0.15) is 6.04 Å². The molecular formula is C26H47NO7. The molecule has 0 aromatic carbocycles. The first-order valence-electron chi connectivity index (χ1n) is 13.3. The van der Waals surface area contributed by atoms with Gasteiger partial charge in [0.2, 0.25) is 5.91 Å². The molecule has 0 heterocycles. The van der Waals surface area contributed by atoms with E-state index in [2.05, 4.69) is 6.92 Å². The van der Waals surface area contributed by atoms with Crippen molar-refractivity contribution in [2.45, 2.75) is 135 Å². The van der Waals surface area contributed by atoms with Crippen LogP contribution in [0.1, 0.15) is 129 Å². The van der Waals surface area contributed by atoms with Crippen molar-refractivity contribution in [1.82, 2.24) is 4.90 Å². The van der Waals surface area contributed by atoms with Gasteiger partial charge in [-0.3, -0.25) is 14.4 Å². The number of carboxylic acids is 3. The highest BCUT2D eigenvalue weighted by Gasteiger charge is 2.31. The van der Waals surface area contributed by atoms with Crippen LogP contribution >= 0.6 is 0 Å². The van der Waals surface area contributed by atoms with Crippen molar-refractivity contribution < 1.29 is 34.5 Å². The summed E-state index contributed by atoms with van der Waals surface area (Å²) in [5.74, 6) is -4.48. The Labute approximate surface area is 205 Å². The summed E-state index contributed by atoms with van der Waals surface area (Å²) in [7, 11) is 0. The van der Waals surface area contributed by atoms with Crippen LogP contribution in [0.3, 0.4) is 0 Å². The first-order chi connectivity index (χ1) is 16.3. The molecule has 0 radical (unpaired) electrons. The molecule has 1 amide bonds. The summed E-state index contributed by atoms with van der Waals surface area (Å²) >= 11 is 0. The van der Waals surface area contributed by atoms with Crippen LogP contribution in [-0.2, 0) is 19.2 Å². The van der Waals surface area contributed by atoms with Crippen molar-refractivity contribution in [2.75, 3.05) is 6.54 Å². The van der Waals surface area contributed by atoms with Crippen LogP contribution in [0.15, 0.2) is 0 Å². The number of aliphatic carboxylic acids is 3. The van der Waals surface area contributed by atoms with Gasteiger partial charge in [0.05, 0.1) is 12.8 Å². The van der Waals surface area contributed by atoms with Crippen molar-refractivity contribution in [3.63, 3.8) is 0 Å². The largest absolute Gasteiger partial charge is 0.481 e. The Balaban J connectivity index is 4.03. The lowest BCUT2D eigenvalue weighted by Gasteiger charge is -2.28. The Morgan fingerprint density at radius 1 is 0.588 bits per heavy atom. The molecule has 0 saturated heterocycles. The Morgan fingerprint density at radius 2 is 1.00 bits per heavy atom. The van der Waals surface area contributed by atoms with Crippen LogP contribution in [0.25, 0.3) is 0 Å². The molecule has 0 saturated carbocycles. The third-order valence-electron chi connectivity index (χ3n) is 6.15. The molecule has 0 bridgehead atoms. The second-order valence-corrected chi connectivity index (χ2v) is 9.24. The lowest BCUT2D eigenvalue weighted by atomic mass is 10.0. The summed E-state index contributed by atoms with van der Waals surface area (Å²) in [6.45, 7) is 2.37. The average molecular weight is 486 g/mol. The van der Waals surface area contributed by atoms with E-state index in [0.29, 0.717) is 6.42 Å². The second-order valence-electron chi connectivity index (χ2n) is 9.24. The fourth-order valence-corrected chi connectivity index (χ4v) is 4.14. The topological polar surface area (TPSA) is 132 Å². The number of rotatable bonds is 24. The van der Waals surface area contributed by atoms with Gasteiger partial charge in [0.25, 0.3) is 0 Å². The van der Waals surface area contributed by atoms with E-state index in [1.807, 2.05) is 0 Å². The molecule has 0 aromatic rings. The third-order valence-corrected chi connectivity index (χ3v) is 6.15. The molecule has 0 aliphatic heterocycles. The minimum atomic E-state index is -1.48. The fourth-order valence-electron chi connectivity index (χ4n) is 4.14. The van der Waals surface area contributed by atoms with Gasteiger partial charge < -0.3 is 20.2 Å². The van der Waals surface area contributed by atoms with Gasteiger partial charge in [0, 0.05) is 13.0 Å². The highest BCUT2D eigenvalue weighted by Crippen LogP contribution is 2.15. The molecule has 0 aliphatic carbocycles. The molecule has 34 heavy (non-hydrogen) atoms. The Morgan fingerprint density at radius 3 is 1.35 bits per heavy atom. The van der Waals surface area contributed by atoms with E-state index in [9.17, 15) is 24.3 Å². The van der Waals surface area contributed by atoms with E-state index in [0.717, 1.165) is 30.6 Å². The number of hydrogen-bond donors (Lipinski definition) is 3. The quantitative estimate of drug-likeness (QED) is 0.146. The normalized spacial score (nSPS) is 11.8. The predicted octanol–water partition coefficient (Wildman–Crippen LogP) is 5.87. The van der Waals surface area contributed by atoms with Crippen molar-refractivity contribution in [2.24, 2.45) is 0 Å². The minimum absolute atomic E-state index is 0.126. The molecule has 0 aliphatic rings. The summed E-state index contributed by atoms with van der Waals surface area (Å²) < 4.78 is 0. The average Bonchev–Trinajstić information content (AvgIpc) is 2.78. The summed E-state index contributed by atoms with van der Waals surface area (Å²) in [5.41, 5.74) is 0. The van der Waals surface area contributed by atoms with Gasteiger partial charge in [-0.15, -0.1) is 0 Å². The van der Waals surface area contributed by atoms with Crippen molar-refractivity contribution in [3.05, 3.63) is 0 Å². The lowest BCUT2D eigenvalue weighted by molar-refractivity contribution is -0.155. The predicted molar refractivity (Wildman–Crippen MR) is 132 cm³/mol. The molecule has 0 rings (SSSR count). The van der Waals surface area contributed by atoms with E-state index in [4.69, 9.17) is 10.2 Å². The van der Waals surface area contributed by atoms with Crippen molar-refractivity contribution >= 4 is 23.8 Å². The number of carboxylic acid groups (broad SMARTS) is 3. The Bertz CT molecular complexity index is 579. The molecular weight excluding hydrogens is 438 g/mol. The molecule has 8 nitrogen and oxygen atoms in total. The first kappa shape index (κ1) is 31.9. The van der Waals surface area contributed by atoms with Crippen LogP contribution in [-0.4, -0.2) is 56.6 Å². The van der Waals surface area contributed by atoms with Gasteiger partial charge in [-0.25, -0.2) is 4.79 Å². The van der Waals surface area contributed by atoms with E-state index in [1.54, 1.807) is 0 Å². The molecule has 198 valence electrons. The Hall–Kier alpha value is -2.12. The molecule has 0 spiro atoms. The number of carbonyl (C=O) groups excluding carboxylic acids is 1. The van der Waals surface area contributed by atoms with Gasteiger partial charge >= 0.3 is 17.9 Å². The highest BCUT2D eigenvalue weighted by molar-refractivity contribution is 5.88. The zero-order chi connectivity index (χ0) is 25.6. The molecule has 1 atom stereocenters. The number of carbonyl (C=O) groups is 4. The monoisotopic (exact) mass is 485 g/mol. The van der Waals surface area contributed by atoms with Crippen molar-refractivity contribution in [1.29, 1.82) is 0 Å². The van der Waals surface area contributed by atoms with Crippen LogP contribution in [0.5, 0.6) is 0 Å². The summed E-state index contributed by atoms with van der Waals surface area (Å²) in [4.78, 5) is 46.7. The van der Waals surface area contributed by atoms with Gasteiger partial charge in [-0.2, -0.15) is 0 Å². The van der Waals surface area contributed by atoms with E-state index in [-0.39, 0.29) is 13.0 Å².